The van der Waals surface area contributed by atoms with E-state index in [1.54, 1.807) is 0 Å². The predicted molar refractivity (Wildman–Crippen MR) is 319 cm³/mol. The van der Waals surface area contributed by atoms with E-state index in [1.807, 2.05) is 0 Å². The second-order valence-corrected chi connectivity index (χ2v) is 22.9. The van der Waals surface area contributed by atoms with E-state index in [2.05, 4.69) is 21.3 Å². The van der Waals surface area contributed by atoms with Crippen molar-refractivity contribution >= 4 is 117 Å². The number of carbonyl (C=O) groups excluding carboxylic acids is 10. The first-order valence-corrected chi connectivity index (χ1v) is 29.7. The maximum atomic E-state index is 13.7. The number of carboxylic acid groups (broad SMARTS) is 4. The molecular weight excluding hydrogens is 1360 g/mol. The normalized spacial score (nSPS) is 17.2. The van der Waals surface area contributed by atoms with Crippen LogP contribution in [0.1, 0.15) is 57.8 Å². The Hall–Kier alpha value is -10.1. The molecule has 38 heteroatoms. The molecule has 6 atom stereocenters. The number of benzene rings is 4. The van der Waals surface area contributed by atoms with E-state index >= 15 is 0 Å². The summed E-state index contributed by atoms with van der Waals surface area (Å²) in [7, 11) is 0. The molecule has 10 rings (SSSR count). The van der Waals surface area contributed by atoms with Gasteiger partial charge in [-0.25, -0.2) is 9.59 Å². The summed E-state index contributed by atoms with van der Waals surface area (Å²) in [4.78, 5) is 177. The van der Waals surface area contributed by atoms with Crippen LogP contribution in [-0.2, 0) is 57.4 Å². The molecule has 2 fully saturated rings. The van der Waals surface area contributed by atoms with Crippen LogP contribution in [0, 0.1) is 0 Å². The van der Waals surface area contributed by atoms with Crippen LogP contribution >= 0.6 is 23.5 Å². The Morgan fingerprint density at radius 1 is 0.551 bits per heavy atom. The summed E-state index contributed by atoms with van der Waals surface area (Å²) in [5, 5.41) is 88.6. The molecule has 0 radical (unpaired) electrons. The van der Waals surface area contributed by atoms with Gasteiger partial charge in [0.15, 0.2) is 35.9 Å². The van der Waals surface area contributed by atoms with E-state index < -0.39 is 176 Å². The van der Waals surface area contributed by atoms with Gasteiger partial charge in [0.1, 0.15) is 83.3 Å². The number of hydrogen-bond donors (Lipinski definition) is 10. The number of β-lactam (4-membered cyclic amide) rings is 2. The number of carbonyl (C=O) groups is 12. The first kappa shape index (κ1) is 75.3. The van der Waals surface area contributed by atoms with E-state index in [-0.39, 0.29) is 140 Å². The third-order valence-corrected chi connectivity index (χ3v) is 17.2. The number of carboxylic acids is 4. The molecule has 0 saturated carbocycles. The number of fused-ring (bicyclic) bond motifs is 4. The van der Waals surface area contributed by atoms with Crippen molar-refractivity contribution in [2.75, 3.05) is 37.9 Å². The molecule has 0 spiro atoms. The van der Waals surface area contributed by atoms with Gasteiger partial charge in [-0.15, -0.1) is 23.5 Å². The van der Waals surface area contributed by atoms with Crippen molar-refractivity contribution in [2.24, 2.45) is 0 Å². The minimum atomic E-state index is -1.69. The molecule has 6 heterocycles. The molecular formula is C60H48N6Na2O28S2. The first-order valence-electron chi connectivity index (χ1n) is 27.6. The Morgan fingerprint density at radius 3 is 1.21 bits per heavy atom. The number of esters is 2. The van der Waals surface area contributed by atoms with Gasteiger partial charge >= 0.3 is 83.0 Å². The number of hydrogen-bond acceptors (Lipinski definition) is 28. The third kappa shape index (κ3) is 16.1. The van der Waals surface area contributed by atoms with Crippen molar-refractivity contribution < 1.29 is 185 Å². The molecule has 500 valence electrons. The largest absolute Gasteiger partial charge is 1.00 e. The molecule has 34 nitrogen and oxygen atoms in total. The van der Waals surface area contributed by atoms with Gasteiger partial charge in [-0.1, -0.05) is 24.3 Å². The molecule has 4 aliphatic heterocycles. The van der Waals surface area contributed by atoms with E-state index in [0.717, 1.165) is 84.0 Å². The molecule has 0 aliphatic carbocycles. The number of nitrogens with zero attached hydrogens (tertiary/aromatic N) is 2. The van der Waals surface area contributed by atoms with E-state index in [0.29, 0.717) is 0 Å². The molecule has 2 unspecified atom stereocenters. The van der Waals surface area contributed by atoms with E-state index in [1.165, 1.54) is 48.5 Å². The summed E-state index contributed by atoms with van der Waals surface area (Å²) in [6.45, 7) is 0.178. The molecule has 2 aromatic heterocycles. The van der Waals surface area contributed by atoms with Gasteiger partial charge < -0.3 is 99.5 Å². The number of rotatable bonds is 22. The number of nitrogens with one attached hydrogen (secondary N) is 4. The zero-order chi connectivity index (χ0) is 69.7. The van der Waals surface area contributed by atoms with Crippen LogP contribution in [0.5, 0.6) is 34.5 Å². The second kappa shape index (κ2) is 31.9. The van der Waals surface area contributed by atoms with Gasteiger partial charge in [-0.3, -0.25) is 57.7 Å². The van der Waals surface area contributed by atoms with Gasteiger partial charge in [0.25, 0.3) is 23.6 Å². The monoisotopic (exact) mass is 1410 g/mol. The van der Waals surface area contributed by atoms with Gasteiger partial charge in [0.05, 0.1) is 34.1 Å². The van der Waals surface area contributed by atoms with Gasteiger partial charge in [-0.05, 0) is 59.7 Å². The fourth-order valence-corrected chi connectivity index (χ4v) is 12.6. The smallest absolute Gasteiger partial charge is 0.543 e. The Balaban J connectivity index is 0.000000270. The number of ether oxygens (including phenoxy) is 4. The van der Waals surface area contributed by atoms with Gasteiger partial charge in [0, 0.05) is 36.5 Å². The average molecular weight is 1410 g/mol. The third-order valence-electron chi connectivity index (χ3n) is 14.5. The van der Waals surface area contributed by atoms with Crippen molar-refractivity contribution in [3.05, 3.63) is 151 Å². The zero-order valence-electron chi connectivity index (χ0n) is 51.2. The molecule has 2 saturated heterocycles. The molecule has 4 aliphatic rings. The fraction of sp³-hybridized carbons (Fsp3) is 0.233. The summed E-state index contributed by atoms with van der Waals surface area (Å²) in [6, 6.07) is 9.18. The molecule has 0 bridgehead atoms. The minimum Gasteiger partial charge on any atom is -0.543 e. The summed E-state index contributed by atoms with van der Waals surface area (Å²) in [6.07, 6.45) is 1.45. The number of aromatic hydroxyl groups is 4. The van der Waals surface area contributed by atoms with Crippen molar-refractivity contribution in [3.63, 3.8) is 0 Å². The Bertz CT molecular complexity index is 4200. The summed E-state index contributed by atoms with van der Waals surface area (Å²) < 4.78 is 30.4. The summed E-state index contributed by atoms with van der Waals surface area (Å²) in [5.41, 5.74) is -4.26. The maximum Gasteiger partial charge on any atom is 1.00 e. The van der Waals surface area contributed by atoms with Gasteiger partial charge in [0.2, 0.25) is 34.2 Å². The topological polar surface area (TPSA) is 524 Å². The summed E-state index contributed by atoms with van der Waals surface area (Å²) in [5.74, 6) is -15.2. The number of phenols is 4. The molecule has 10 N–H and O–H groups in total. The Labute approximate surface area is 600 Å². The summed E-state index contributed by atoms with van der Waals surface area (Å²) >= 11 is 2.17. The van der Waals surface area contributed by atoms with Gasteiger partial charge in [-0.2, -0.15) is 0 Å². The molecule has 6 amide bonds. The van der Waals surface area contributed by atoms with Crippen molar-refractivity contribution in [1.29, 1.82) is 0 Å². The average Bonchev–Trinajstić information content (AvgIpc) is 0.508. The van der Waals surface area contributed by atoms with Crippen LogP contribution in [0.15, 0.2) is 126 Å². The van der Waals surface area contributed by atoms with Crippen molar-refractivity contribution in [2.45, 2.75) is 48.8 Å². The van der Waals surface area contributed by atoms with E-state index in [9.17, 15) is 97.8 Å². The van der Waals surface area contributed by atoms with Crippen LogP contribution in [0.25, 0.3) is 21.9 Å². The van der Waals surface area contributed by atoms with Crippen LogP contribution in [0.2, 0.25) is 0 Å². The van der Waals surface area contributed by atoms with Crippen LogP contribution < -0.4 is 111 Å². The molecule has 98 heavy (non-hydrogen) atoms. The van der Waals surface area contributed by atoms with Crippen LogP contribution in [-0.4, -0.2) is 172 Å². The van der Waals surface area contributed by atoms with Crippen LogP contribution in [0.3, 0.4) is 0 Å². The number of phenolic OH excluding ortho intramolecular Hbond substituents is 4. The molecule has 4 aromatic carbocycles. The number of aliphatic carboxylic acids is 4. The number of thioether (sulfide) groups is 2. The fourth-order valence-electron chi connectivity index (χ4n) is 9.90. The Morgan fingerprint density at radius 2 is 0.898 bits per heavy atom. The maximum absolute atomic E-state index is 13.7. The second-order valence-electron chi connectivity index (χ2n) is 20.7. The number of amides is 6. The van der Waals surface area contributed by atoms with Crippen LogP contribution in [0.4, 0.5) is 0 Å². The zero-order valence-corrected chi connectivity index (χ0v) is 56.8. The Kier molecular flexibility index (Phi) is 24.5. The molecule has 6 aromatic rings. The first-order chi connectivity index (χ1) is 45.6. The standard InChI is InChI=1S/2C30H25N3O14S.2Na/c2*1-12(34)45-8-14-11-48-29-21(28(42)33(29)22(14)30(43)44)32-27(41)20(13-2-4-15(5-3-13)46-10-19(36)37)31-26(40)17-9-47-25-16(23(17)38)6-7-18(35)24(25)39;;/h2*2-7,9,20-21,29,35,39H,8,10-11H2,1H3,(H,31,40)(H,32,41)(H,36,37)(H,43,44);;/q;;2*+1/p-2/t2*20?,21-,29-;;/m11../s1. The quantitative estimate of drug-likeness (QED) is 0.0131. The van der Waals surface area contributed by atoms with E-state index in [4.69, 9.17) is 38.0 Å². The minimum absolute atomic E-state index is 0. The SMILES string of the molecule is CC(=O)OCC1=C(C(=O)[O-])N2C(=O)[C@@H](NC(=O)C(NC(=O)c3coc4c(O)c(O)ccc4c3=O)c3ccc(OCC(=O)O)cc3)[C@H]2SC1.CC(=O)OCC1=C(C(=O)[O-])N2C(=O)[C@@H](NC(=O)C(NC(=O)c3coc4c(O)c(O)ccc4c3=O)c3ccc(OCC(=O)O)cc3)[C@H]2SC1.[Na+].[Na+]. The predicted octanol–water partition coefficient (Wildman–Crippen LogP) is -7.78. The van der Waals surface area contributed by atoms with Crippen molar-refractivity contribution in [1.82, 2.24) is 31.1 Å². The van der Waals surface area contributed by atoms with Crippen molar-refractivity contribution in [3.8, 4) is 34.5 Å².